The van der Waals surface area contributed by atoms with Gasteiger partial charge < -0.3 is 14.8 Å². The summed E-state index contributed by atoms with van der Waals surface area (Å²) >= 11 is 6.06. The monoisotopic (exact) mass is 402 g/mol. The number of halogens is 1. The van der Waals surface area contributed by atoms with Crippen molar-refractivity contribution in [1.82, 2.24) is 10.2 Å². The van der Waals surface area contributed by atoms with Gasteiger partial charge in [0.25, 0.3) is 0 Å². The number of likely N-dealkylation sites (tertiary alicyclic amines) is 1. The maximum atomic E-state index is 12.4. The van der Waals surface area contributed by atoms with Crippen LogP contribution in [0.1, 0.15) is 18.4 Å². The van der Waals surface area contributed by atoms with Gasteiger partial charge in [-0.3, -0.25) is 9.69 Å². The fourth-order valence-electron chi connectivity index (χ4n) is 3.46. The van der Waals surface area contributed by atoms with Crippen LogP contribution in [0, 0.1) is 5.92 Å². The second-order valence-electron chi connectivity index (χ2n) is 6.97. The third-order valence-electron chi connectivity index (χ3n) is 4.98. The molecule has 0 radical (unpaired) electrons. The van der Waals surface area contributed by atoms with Gasteiger partial charge in [-0.2, -0.15) is 0 Å². The van der Waals surface area contributed by atoms with Crippen LogP contribution in [-0.2, 0) is 11.3 Å². The van der Waals surface area contributed by atoms with Gasteiger partial charge >= 0.3 is 0 Å². The Morgan fingerprint density at radius 1 is 1.14 bits per heavy atom. The third kappa shape index (κ3) is 5.88. The molecular formula is C22H27ClN2O3. The minimum absolute atomic E-state index is 0.0712. The first-order valence-electron chi connectivity index (χ1n) is 9.66. The third-order valence-corrected chi connectivity index (χ3v) is 5.22. The molecule has 1 heterocycles. The summed E-state index contributed by atoms with van der Waals surface area (Å²) in [5, 5.41) is 3.76. The summed E-state index contributed by atoms with van der Waals surface area (Å²) in [6, 6.07) is 15.5. The first kappa shape index (κ1) is 20.5. The van der Waals surface area contributed by atoms with Crippen molar-refractivity contribution in [3.8, 4) is 11.5 Å². The number of hydrogen-bond donors (Lipinski definition) is 1. The lowest BCUT2D eigenvalue weighted by Crippen LogP contribution is -2.41. The molecule has 1 N–H and O–H groups in total. The number of carbonyl (C=O) groups is 1. The minimum Gasteiger partial charge on any atom is -0.493 e. The predicted octanol–water partition coefficient (Wildman–Crippen LogP) is 3.76. The molecule has 0 saturated carbocycles. The van der Waals surface area contributed by atoms with Crippen LogP contribution in [0.3, 0.4) is 0 Å². The molecule has 0 unspecified atom stereocenters. The summed E-state index contributed by atoms with van der Waals surface area (Å²) in [7, 11) is 1.61. The SMILES string of the molecule is COc1ccccc1OCCNC(=O)C1CCN(Cc2cccc(Cl)c2)CC1. The highest BCUT2D eigenvalue weighted by Crippen LogP contribution is 2.25. The fraction of sp³-hybridized carbons (Fsp3) is 0.409. The Hall–Kier alpha value is -2.24. The number of carbonyl (C=O) groups excluding carboxylic acids is 1. The Bertz CT molecular complexity index is 776. The zero-order valence-electron chi connectivity index (χ0n) is 16.2. The molecule has 2 aromatic carbocycles. The molecule has 150 valence electrons. The molecule has 5 nitrogen and oxygen atoms in total. The van der Waals surface area contributed by atoms with E-state index in [9.17, 15) is 4.79 Å². The Balaban J connectivity index is 1.36. The fourth-order valence-corrected chi connectivity index (χ4v) is 3.68. The van der Waals surface area contributed by atoms with E-state index in [2.05, 4.69) is 16.3 Å². The number of nitrogens with one attached hydrogen (secondary N) is 1. The second kappa shape index (κ2) is 10.3. The van der Waals surface area contributed by atoms with Gasteiger partial charge in [-0.05, 0) is 55.8 Å². The van der Waals surface area contributed by atoms with Crippen LogP contribution in [0.4, 0.5) is 0 Å². The van der Waals surface area contributed by atoms with E-state index in [-0.39, 0.29) is 11.8 Å². The van der Waals surface area contributed by atoms with Crippen molar-refractivity contribution in [2.24, 2.45) is 5.92 Å². The van der Waals surface area contributed by atoms with E-state index in [1.165, 1.54) is 5.56 Å². The molecule has 1 aliphatic rings. The molecule has 6 heteroatoms. The average Bonchev–Trinajstić information content (AvgIpc) is 2.72. The molecule has 2 aromatic rings. The largest absolute Gasteiger partial charge is 0.493 e. The van der Waals surface area contributed by atoms with Crippen molar-refractivity contribution in [2.45, 2.75) is 19.4 Å². The highest BCUT2D eigenvalue weighted by Gasteiger charge is 2.24. The highest BCUT2D eigenvalue weighted by atomic mass is 35.5. The molecule has 0 spiro atoms. The molecule has 0 aliphatic carbocycles. The lowest BCUT2D eigenvalue weighted by molar-refractivity contribution is -0.126. The molecule has 1 amide bonds. The number of amides is 1. The molecule has 0 bridgehead atoms. The molecule has 3 rings (SSSR count). The van der Waals surface area contributed by atoms with Crippen LogP contribution in [0.25, 0.3) is 0 Å². The van der Waals surface area contributed by atoms with E-state index in [1.54, 1.807) is 7.11 Å². The Morgan fingerprint density at radius 3 is 2.61 bits per heavy atom. The van der Waals surface area contributed by atoms with Gasteiger partial charge in [-0.15, -0.1) is 0 Å². The summed E-state index contributed by atoms with van der Waals surface area (Å²) in [4.78, 5) is 14.8. The second-order valence-corrected chi connectivity index (χ2v) is 7.41. The smallest absolute Gasteiger partial charge is 0.223 e. The topological polar surface area (TPSA) is 50.8 Å². The van der Waals surface area contributed by atoms with E-state index in [1.807, 2.05) is 42.5 Å². The van der Waals surface area contributed by atoms with Gasteiger partial charge in [0.15, 0.2) is 11.5 Å². The van der Waals surface area contributed by atoms with Crippen LogP contribution in [0.15, 0.2) is 48.5 Å². The summed E-state index contributed by atoms with van der Waals surface area (Å²) in [6.07, 6.45) is 1.75. The normalized spacial score (nSPS) is 15.2. The van der Waals surface area contributed by atoms with Crippen molar-refractivity contribution in [3.63, 3.8) is 0 Å². The lowest BCUT2D eigenvalue weighted by Gasteiger charge is -2.31. The van der Waals surface area contributed by atoms with Gasteiger partial charge in [0.05, 0.1) is 13.7 Å². The lowest BCUT2D eigenvalue weighted by atomic mass is 9.95. The van der Waals surface area contributed by atoms with E-state index < -0.39 is 0 Å². The number of nitrogens with zero attached hydrogens (tertiary/aromatic N) is 1. The quantitative estimate of drug-likeness (QED) is 0.683. The summed E-state index contributed by atoms with van der Waals surface area (Å²) in [6.45, 7) is 3.62. The van der Waals surface area contributed by atoms with Crippen LogP contribution < -0.4 is 14.8 Å². The van der Waals surface area contributed by atoms with Crippen molar-refractivity contribution in [1.29, 1.82) is 0 Å². The molecule has 1 aliphatic heterocycles. The highest BCUT2D eigenvalue weighted by molar-refractivity contribution is 6.30. The standard InChI is InChI=1S/C22H27ClN2O3/c1-27-20-7-2-3-8-21(20)28-14-11-24-22(26)18-9-12-25(13-10-18)16-17-5-4-6-19(23)15-17/h2-8,15,18H,9-14,16H2,1H3,(H,24,26). The van der Waals surface area contributed by atoms with E-state index in [0.717, 1.165) is 37.5 Å². The molecule has 28 heavy (non-hydrogen) atoms. The Labute approximate surface area is 171 Å². The predicted molar refractivity (Wildman–Crippen MR) is 111 cm³/mol. The van der Waals surface area contributed by atoms with Crippen LogP contribution in [0.2, 0.25) is 5.02 Å². The first-order chi connectivity index (χ1) is 13.7. The maximum Gasteiger partial charge on any atom is 0.223 e. The molecular weight excluding hydrogens is 376 g/mol. The van der Waals surface area contributed by atoms with E-state index in [4.69, 9.17) is 21.1 Å². The number of piperidine rings is 1. The average molecular weight is 403 g/mol. The van der Waals surface area contributed by atoms with Crippen molar-refractivity contribution < 1.29 is 14.3 Å². The molecule has 0 aromatic heterocycles. The van der Waals surface area contributed by atoms with Gasteiger partial charge in [0.1, 0.15) is 6.61 Å². The maximum absolute atomic E-state index is 12.4. The zero-order valence-corrected chi connectivity index (χ0v) is 17.0. The summed E-state index contributed by atoms with van der Waals surface area (Å²) < 4.78 is 11.0. The summed E-state index contributed by atoms with van der Waals surface area (Å²) in [5.74, 6) is 1.57. The van der Waals surface area contributed by atoms with Crippen molar-refractivity contribution in [3.05, 3.63) is 59.1 Å². The number of para-hydroxylation sites is 2. The Kier molecular flexibility index (Phi) is 7.57. The molecule has 1 fully saturated rings. The van der Waals surface area contributed by atoms with Crippen molar-refractivity contribution in [2.75, 3.05) is 33.4 Å². The van der Waals surface area contributed by atoms with E-state index in [0.29, 0.717) is 24.7 Å². The van der Waals surface area contributed by atoms with E-state index >= 15 is 0 Å². The van der Waals surface area contributed by atoms with Crippen molar-refractivity contribution >= 4 is 17.5 Å². The number of hydrogen-bond acceptors (Lipinski definition) is 4. The van der Waals surface area contributed by atoms with Gasteiger partial charge in [-0.25, -0.2) is 0 Å². The first-order valence-corrected chi connectivity index (χ1v) is 10.0. The van der Waals surface area contributed by atoms with Gasteiger partial charge in [-0.1, -0.05) is 35.9 Å². The number of benzene rings is 2. The number of ether oxygens (including phenoxy) is 2. The summed E-state index contributed by atoms with van der Waals surface area (Å²) in [5.41, 5.74) is 1.21. The minimum atomic E-state index is 0.0712. The Morgan fingerprint density at radius 2 is 1.89 bits per heavy atom. The van der Waals surface area contributed by atoms with Gasteiger partial charge in [0.2, 0.25) is 5.91 Å². The molecule has 1 saturated heterocycles. The van der Waals surface area contributed by atoms with Crippen LogP contribution in [0.5, 0.6) is 11.5 Å². The van der Waals surface area contributed by atoms with Crippen LogP contribution >= 0.6 is 11.6 Å². The molecule has 0 atom stereocenters. The number of rotatable bonds is 8. The van der Waals surface area contributed by atoms with Crippen LogP contribution in [-0.4, -0.2) is 44.2 Å². The zero-order chi connectivity index (χ0) is 19.8. The number of methoxy groups -OCH3 is 1. The van der Waals surface area contributed by atoms with Gasteiger partial charge in [0, 0.05) is 17.5 Å².